The Labute approximate surface area is 123 Å². The van der Waals surface area contributed by atoms with E-state index in [2.05, 4.69) is 22.3 Å². The average molecular weight is 282 g/mol. The van der Waals surface area contributed by atoms with E-state index < -0.39 is 0 Å². The maximum Gasteiger partial charge on any atom is 0.153 e. The lowest BCUT2D eigenvalue weighted by Gasteiger charge is -2.14. The molecule has 1 unspecified atom stereocenters. The summed E-state index contributed by atoms with van der Waals surface area (Å²) in [6.07, 6.45) is 9.10. The van der Waals surface area contributed by atoms with Gasteiger partial charge in [-0.25, -0.2) is 9.67 Å². The van der Waals surface area contributed by atoms with Gasteiger partial charge in [-0.2, -0.15) is 5.10 Å². The molecule has 0 radical (unpaired) electrons. The van der Waals surface area contributed by atoms with Crippen LogP contribution in [0.3, 0.4) is 0 Å². The van der Waals surface area contributed by atoms with Crippen molar-refractivity contribution in [2.24, 2.45) is 0 Å². The Morgan fingerprint density at radius 2 is 2.24 bits per heavy atom. The van der Waals surface area contributed by atoms with Crippen LogP contribution in [0.15, 0.2) is 59.6 Å². The van der Waals surface area contributed by atoms with E-state index in [4.69, 9.17) is 4.42 Å². The third-order valence-electron chi connectivity index (χ3n) is 3.30. The van der Waals surface area contributed by atoms with Gasteiger partial charge >= 0.3 is 0 Å². The Morgan fingerprint density at radius 1 is 1.29 bits per heavy atom. The lowest BCUT2D eigenvalue weighted by molar-refractivity contribution is 0.495. The Kier molecular flexibility index (Phi) is 4.00. The van der Waals surface area contributed by atoms with Crippen LogP contribution in [0, 0.1) is 0 Å². The molecule has 5 nitrogen and oxygen atoms in total. The number of furan rings is 1. The highest BCUT2D eigenvalue weighted by Crippen LogP contribution is 2.13. The third kappa shape index (κ3) is 3.51. The van der Waals surface area contributed by atoms with E-state index in [9.17, 15) is 0 Å². The number of hydrogen-bond donors (Lipinski definition) is 1. The van der Waals surface area contributed by atoms with E-state index in [0.717, 1.165) is 30.1 Å². The first-order chi connectivity index (χ1) is 10.3. The van der Waals surface area contributed by atoms with E-state index >= 15 is 0 Å². The van der Waals surface area contributed by atoms with E-state index in [1.54, 1.807) is 17.1 Å². The molecule has 0 fully saturated rings. The second-order valence-corrected chi connectivity index (χ2v) is 5.02. The zero-order valence-corrected chi connectivity index (χ0v) is 11.9. The number of anilines is 1. The van der Waals surface area contributed by atoms with Crippen molar-refractivity contribution in [1.29, 1.82) is 0 Å². The Balaban J connectivity index is 1.55. The molecule has 0 bridgehead atoms. The summed E-state index contributed by atoms with van der Waals surface area (Å²) < 4.78 is 7.08. The van der Waals surface area contributed by atoms with Gasteiger partial charge in [-0.1, -0.05) is 0 Å². The van der Waals surface area contributed by atoms with Crippen molar-refractivity contribution in [3.05, 3.63) is 60.9 Å². The van der Waals surface area contributed by atoms with Crippen molar-refractivity contribution in [3.8, 4) is 5.82 Å². The average Bonchev–Trinajstić information content (AvgIpc) is 3.19. The number of rotatable bonds is 6. The van der Waals surface area contributed by atoms with Crippen molar-refractivity contribution >= 4 is 5.69 Å². The van der Waals surface area contributed by atoms with Crippen LogP contribution in [0.5, 0.6) is 0 Å². The van der Waals surface area contributed by atoms with Crippen molar-refractivity contribution in [2.75, 3.05) is 5.32 Å². The van der Waals surface area contributed by atoms with Gasteiger partial charge < -0.3 is 9.73 Å². The van der Waals surface area contributed by atoms with Crippen molar-refractivity contribution < 1.29 is 4.42 Å². The second kappa shape index (κ2) is 6.26. The molecular formula is C16H18N4O. The van der Waals surface area contributed by atoms with Crippen LogP contribution in [0.25, 0.3) is 5.82 Å². The van der Waals surface area contributed by atoms with Gasteiger partial charge in [-0.05, 0) is 43.7 Å². The second-order valence-electron chi connectivity index (χ2n) is 5.02. The van der Waals surface area contributed by atoms with Gasteiger partial charge in [-0.15, -0.1) is 0 Å². The fourth-order valence-electron chi connectivity index (χ4n) is 2.18. The predicted octanol–water partition coefficient (Wildman–Crippen LogP) is 3.29. The first-order valence-electron chi connectivity index (χ1n) is 7.06. The normalized spacial score (nSPS) is 12.2. The molecule has 3 heterocycles. The molecule has 0 aliphatic heterocycles. The van der Waals surface area contributed by atoms with Crippen molar-refractivity contribution in [3.63, 3.8) is 0 Å². The summed E-state index contributed by atoms with van der Waals surface area (Å²) in [4.78, 5) is 4.40. The third-order valence-corrected chi connectivity index (χ3v) is 3.30. The minimum atomic E-state index is 0.354. The standard InChI is InChI=1S/C16H18N4O/c1-13(5-7-15-4-2-11-21-15)19-14-6-8-16(17-12-14)20-10-3-9-18-20/h2-4,6,8-13,19H,5,7H2,1H3. The number of aryl methyl sites for hydroxylation is 1. The Bertz CT molecular complexity index is 644. The molecule has 108 valence electrons. The molecule has 0 aliphatic rings. The monoisotopic (exact) mass is 282 g/mol. The van der Waals surface area contributed by atoms with E-state index in [0.29, 0.717) is 6.04 Å². The highest BCUT2D eigenvalue weighted by Gasteiger charge is 2.05. The summed E-state index contributed by atoms with van der Waals surface area (Å²) in [5, 5.41) is 7.60. The molecule has 1 atom stereocenters. The van der Waals surface area contributed by atoms with Gasteiger partial charge in [-0.3, -0.25) is 0 Å². The molecule has 3 rings (SSSR count). The first-order valence-corrected chi connectivity index (χ1v) is 7.06. The van der Waals surface area contributed by atoms with Gasteiger partial charge in [0.1, 0.15) is 5.76 Å². The van der Waals surface area contributed by atoms with Gasteiger partial charge in [0.2, 0.25) is 0 Å². The van der Waals surface area contributed by atoms with E-state index in [1.807, 2.05) is 42.7 Å². The molecule has 1 N–H and O–H groups in total. The summed E-state index contributed by atoms with van der Waals surface area (Å²) in [6, 6.07) is 10.1. The number of nitrogens with zero attached hydrogens (tertiary/aromatic N) is 3. The highest BCUT2D eigenvalue weighted by atomic mass is 16.3. The molecule has 0 aromatic carbocycles. The summed E-state index contributed by atoms with van der Waals surface area (Å²) in [5.74, 6) is 1.84. The first kappa shape index (κ1) is 13.4. The lowest BCUT2D eigenvalue weighted by Crippen LogP contribution is -2.16. The van der Waals surface area contributed by atoms with Crippen LogP contribution >= 0.6 is 0 Å². The maximum atomic E-state index is 5.34. The molecule has 3 aromatic heterocycles. The predicted molar refractivity (Wildman–Crippen MR) is 81.5 cm³/mol. The Hall–Kier alpha value is -2.56. The zero-order valence-electron chi connectivity index (χ0n) is 11.9. The molecule has 0 saturated heterocycles. The minimum Gasteiger partial charge on any atom is -0.469 e. The maximum absolute atomic E-state index is 5.34. The lowest BCUT2D eigenvalue weighted by atomic mass is 10.1. The van der Waals surface area contributed by atoms with Crippen LogP contribution in [0.1, 0.15) is 19.1 Å². The Morgan fingerprint density at radius 3 is 2.90 bits per heavy atom. The topological polar surface area (TPSA) is 55.9 Å². The molecule has 5 heteroatoms. The van der Waals surface area contributed by atoms with Gasteiger partial charge in [0, 0.05) is 24.9 Å². The fraction of sp³-hybridized carbons (Fsp3) is 0.250. The minimum absolute atomic E-state index is 0.354. The van der Waals surface area contributed by atoms with Crippen LogP contribution in [0.4, 0.5) is 5.69 Å². The molecule has 0 saturated carbocycles. The van der Waals surface area contributed by atoms with Gasteiger partial charge in [0.15, 0.2) is 5.82 Å². The zero-order chi connectivity index (χ0) is 14.5. The summed E-state index contributed by atoms with van der Waals surface area (Å²) in [5.41, 5.74) is 1.01. The molecular weight excluding hydrogens is 264 g/mol. The quantitative estimate of drug-likeness (QED) is 0.753. The van der Waals surface area contributed by atoms with E-state index in [-0.39, 0.29) is 0 Å². The van der Waals surface area contributed by atoms with Crippen LogP contribution in [-0.2, 0) is 6.42 Å². The van der Waals surface area contributed by atoms with Crippen molar-refractivity contribution in [2.45, 2.75) is 25.8 Å². The van der Waals surface area contributed by atoms with Gasteiger partial charge in [0.25, 0.3) is 0 Å². The molecule has 0 spiro atoms. The largest absolute Gasteiger partial charge is 0.469 e. The number of nitrogens with one attached hydrogen (secondary N) is 1. The SMILES string of the molecule is CC(CCc1ccco1)Nc1ccc(-n2cccn2)nc1. The van der Waals surface area contributed by atoms with Gasteiger partial charge in [0.05, 0.1) is 18.1 Å². The van der Waals surface area contributed by atoms with Crippen LogP contribution < -0.4 is 5.32 Å². The van der Waals surface area contributed by atoms with Crippen LogP contribution in [-0.4, -0.2) is 20.8 Å². The van der Waals surface area contributed by atoms with E-state index in [1.165, 1.54) is 0 Å². The molecule has 3 aromatic rings. The molecule has 0 aliphatic carbocycles. The molecule has 0 amide bonds. The number of pyridine rings is 1. The summed E-state index contributed by atoms with van der Waals surface area (Å²) >= 11 is 0. The summed E-state index contributed by atoms with van der Waals surface area (Å²) in [7, 11) is 0. The number of hydrogen-bond acceptors (Lipinski definition) is 4. The molecule has 21 heavy (non-hydrogen) atoms. The number of aromatic nitrogens is 3. The highest BCUT2D eigenvalue weighted by molar-refractivity contribution is 5.44. The fourth-order valence-corrected chi connectivity index (χ4v) is 2.18. The summed E-state index contributed by atoms with van der Waals surface area (Å²) in [6.45, 7) is 2.16. The van der Waals surface area contributed by atoms with Crippen LogP contribution in [0.2, 0.25) is 0 Å². The smallest absolute Gasteiger partial charge is 0.153 e. The van der Waals surface area contributed by atoms with Crippen molar-refractivity contribution in [1.82, 2.24) is 14.8 Å².